The van der Waals surface area contributed by atoms with Gasteiger partial charge in [-0.25, -0.2) is 13.4 Å². The highest BCUT2D eigenvalue weighted by atomic mass is 32.2. The Bertz CT molecular complexity index is 772. The van der Waals surface area contributed by atoms with Gasteiger partial charge in [-0.2, -0.15) is 0 Å². The van der Waals surface area contributed by atoms with Gasteiger partial charge < -0.3 is 0 Å². The lowest BCUT2D eigenvalue weighted by Crippen LogP contribution is -2.26. The van der Waals surface area contributed by atoms with Crippen LogP contribution in [0, 0.1) is 11.8 Å². The topological polar surface area (TPSA) is 47.0 Å². The van der Waals surface area contributed by atoms with Crippen LogP contribution in [0.3, 0.4) is 0 Å². The predicted molar refractivity (Wildman–Crippen MR) is 102 cm³/mol. The van der Waals surface area contributed by atoms with Crippen molar-refractivity contribution in [1.82, 2.24) is 4.98 Å². The lowest BCUT2D eigenvalue weighted by molar-refractivity contribution is 0.278. The molecule has 0 radical (unpaired) electrons. The number of nitrogens with zero attached hydrogens (tertiary/aromatic N) is 1. The highest BCUT2D eigenvalue weighted by Gasteiger charge is 2.27. The van der Waals surface area contributed by atoms with E-state index >= 15 is 0 Å². The predicted octanol–water partition coefficient (Wildman–Crippen LogP) is 4.86. The Morgan fingerprint density at radius 1 is 1.17 bits per heavy atom. The van der Waals surface area contributed by atoms with Crippen molar-refractivity contribution in [3.63, 3.8) is 0 Å². The molecule has 0 atom stereocenters. The van der Waals surface area contributed by atoms with Gasteiger partial charge in [0.1, 0.15) is 0 Å². The Balaban J connectivity index is 1.47. The number of thiazole rings is 1. The molecule has 1 aliphatic rings. The Morgan fingerprint density at radius 2 is 1.88 bits per heavy atom. The maximum atomic E-state index is 12.1. The minimum atomic E-state index is -2.89. The summed E-state index contributed by atoms with van der Waals surface area (Å²) in [7, 11) is -2.89. The van der Waals surface area contributed by atoms with Gasteiger partial charge in [-0.1, -0.05) is 18.9 Å². The molecule has 1 saturated carbocycles. The van der Waals surface area contributed by atoms with E-state index in [2.05, 4.69) is 23.2 Å². The number of fused-ring (bicyclic) bond motifs is 1. The van der Waals surface area contributed by atoms with Gasteiger partial charge in [0.05, 0.1) is 26.7 Å². The van der Waals surface area contributed by atoms with Gasteiger partial charge in [-0.05, 0) is 69.1 Å². The Labute approximate surface area is 149 Å². The van der Waals surface area contributed by atoms with Crippen molar-refractivity contribution < 1.29 is 8.42 Å². The summed E-state index contributed by atoms with van der Waals surface area (Å²) in [6.45, 7) is 3.59. The van der Waals surface area contributed by atoms with Crippen LogP contribution in [0.25, 0.3) is 10.2 Å². The summed E-state index contributed by atoms with van der Waals surface area (Å²) >= 11 is 1.70. The Kier molecular flexibility index (Phi) is 5.60. The summed E-state index contributed by atoms with van der Waals surface area (Å²) in [5.41, 5.74) is 4.40. The maximum absolute atomic E-state index is 12.1. The molecule has 1 aromatic carbocycles. The lowest BCUT2D eigenvalue weighted by Gasteiger charge is -2.28. The van der Waals surface area contributed by atoms with Gasteiger partial charge in [0.25, 0.3) is 0 Å². The molecule has 2 aromatic rings. The third kappa shape index (κ3) is 4.37. The largest absolute Gasteiger partial charge is 0.245 e. The van der Waals surface area contributed by atoms with E-state index in [-0.39, 0.29) is 5.25 Å². The van der Waals surface area contributed by atoms with Gasteiger partial charge in [-0.15, -0.1) is 11.3 Å². The van der Waals surface area contributed by atoms with E-state index in [4.69, 9.17) is 0 Å². The molecule has 1 fully saturated rings. The second-order valence-corrected chi connectivity index (χ2v) is 10.9. The molecule has 0 unspecified atom stereocenters. The zero-order chi connectivity index (χ0) is 17.2. The minimum Gasteiger partial charge on any atom is -0.245 e. The molecule has 1 aromatic heterocycles. The number of rotatable bonds is 6. The number of hydrogen-bond acceptors (Lipinski definition) is 4. The smallest absolute Gasteiger partial charge is 0.152 e. The monoisotopic (exact) mass is 365 g/mol. The first-order chi connectivity index (χ1) is 11.4. The summed E-state index contributed by atoms with van der Waals surface area (Å²) in [5, 5.41) is -0.239. The third-order valence-corrected chi connectivity index (χ3v) is 8.55. The molecule has 3 rings (SSSR count). The molecule has 0 amide bonds. The van der Waals surface area contributed by atoms with Crippen LogP contribution < -0.4 is 0 Å². The second-order valence-electron chi connectivity index (χ2n) is 7.46. The van der Waals surface area contributed by atoms with Crippen LogP contribution in [-0.4, -0.2) is 24.4 Å². The minimum absolute atomic E-state index is 0.239. The van der Waals surface area contributed by atoms with Gasteiger partial charge in [-0.3, -0.25) is 0 Å². The molecule has 132 valence electrons. The fourth-order valence-corrected chi connectivity index (χ4v) is 5.75. The molecule has 1 aliphatic carbocycles. The van der Waals surface area contributed by atoms with Crippen molar-refractivity contribution in [3.05, 3.63) is 29.3 Å². The van der Waals surface area contributed by atoms with Gasteiger partial charge >= 0.3 is 0 Å². The van der Waals surface area contributed by atoms with E-state index in [9.17, 15) is 8.42 Å². The maximum Gasteiger partial charge on any atom is 0.152 e. The van der Waals surface area contributed by atoms with Crippen LogP contribution in [0.2, 0.25) is 0 Å². The van der Waals surface area contributed by atoms with E-state index in [1.54, 1.807) is 25.2 Å². The SMILES string of the molecule is CC(C)S(=O)(=O)CC1CCC(CCc2ccc3ncsc3c2)CC1. The van der Waals surface area contributed by atoms with Gasteiger partial charge in [0, 0.05) is 0 Å². The normalized spacial score (nSPS) is 22.3. The molecule has 24 heavy (non-hydrogen) atoms. The number of sulfone groups is 1. The molecule has 0 spiro atoms. The van der Waals surface area contributed by atoms with E-state index in [1.807, 2.05) is 5.51 Å². The van der Waals surface area contributed by atoms with Crippen molar-refractivity contribution in [2.75, 3.05) is 5.75 Å². The number of aryl methyl sites for hydroxylation is 1. The number of aromatic nitrogens is 1. The van der Waals surface area contributed by atoms with Crippen LogP contribution in [0.1, 0.15) is 51.5 Å². The van der Waals surface area contributed by atoms with Crippen molar-refractivity contribution in [1.29, 1.82) is 0 Å². The average molecular weight is 366 g/mol. The summed E-state index contributed by atoms with van der Waals surface area (Å²) in [4.78, 5) is 4.33. The van der Waals surface area contributed by atoms with Crippen LogP contribution >= 0.6 is 11.3 Å². The van der Waals surface area contributed by atoms with Crippen molar-refractivity contribution in [2.24, 2.45) is 11.8 Å². The van der Waals surface area contributed by atoms with E-state index in [0.717, 1.165) is 30.7 Å². The molecule has 1 heterocycles. The molecule has 0 saturated heterocycles. The van der Waals surface area contributed by atoms with Crippen LogP contribution in [0.5, 0.6) is 0 Å². The first kappa shape index (κ1) is 17.9. The fraction of sp³-hybridized carbons (Fsp3) is 0.632. The van der Waals surface area contributed by atoms with Crippen molar-refractivity contribution in [2.45, 2.75) is 57.6 Å². The zero-order valence-electron chi connectivity index (χ0n) is 14.6. The van der Waals surface area contributed by atoms with Crippen molar-refractivity contribution >= 4 is 31.4 Å². The van der Waals surface area contributed by atoms with Crippen LogP contribution in [-0.2, 0) is 16.3 Å². The summed E-state index contributed by atoms with van der Waals surface area (Å²) in [5.74, 6) is 1.52. The van der Waals surface area contributed by atoms with Crippen molar-refractivity contribution in [3.8, 4) is 0 Å². The van der Waals surface area contributed by atoms with E-state index in [1.165, 1.54) is 29.5 Å². The van der Waals surface area contributed by atoms with E-state index in [0.29, 0.717) is 11.7 Å². The molecule has 3 nitrogen and oxygen atoms in total. The fourth-order valence-electron chi connectivity index (χ4n) is 3.63. The molecule has 5 heteroatoms. The highest BCUT2D eigenvalue weighted by molar-refractivity contribution is 7.91. The van der Waals surface area contributed by atoms with E-state index < -0.39 is 9.84 Å². The van der Waals surface area contributed by atoms with Crippen LogP contribution in [0.15, 0.2) is 23.7 Å². The number of benzene rings is 1. The Hall–Kier alpha value is -0.940. The summed E-state index contributed by atoms with van der Waals surface area (Å²) in [6.07, 6.45) is 6.85. The summed E-state index contributed by atoms with van der Waals surface area (Å²) < 4.78 is 25.4. The molecular formula is C19H27NO2S2. The molecule has 0 N–H and O–H groups in total. The second kappa shape index (κ2) is 7.52. The molecule has 0 bridgehead atoms. The summed E-state index contributed by atoms with van der Waals surface area (Å²) in [6, 6.07) is 6.59. The number of hydrogen-bond donors (Lipinski definition) is 0. The molecule has 0 aliphatic heterocycles. The molecular weight excluding hydrogens is 338 g/mol. The van der Waals surface area contributed by atoms with Gasteiger partial charge in [0.2, 0.25) is 0 Å². The first-order valence-corrected chi connectivity index (χ1v) is 11.6. The highest BCUT2D eigenvalue weighted by Crippen LogP contribution is 2.33. The zero-order valence-corrected chi connectivity index (χ0v) is 16.2. The third-order valence-electron chi connectivity index (χ3n) is 5.39. The first-order valence-electron chi connectivity index (χ1n) is 8.98. The standard InChI is InChI=1S/C19H27NO2S2/c1-14(2)24(21,22)12-17-7-4-15(5-8-17)3-6-16-9-10-18-19(11-16)23-13-20-18/h9-11,13-15,17H,3-8,12H2,1-2H3. The quantitative estimate of drug-likeness (QED) is 0.734. The van der Waals surface area contributed by atoms with Crippen LogP contribution in [0.4, 0.5) is 0 Å². The van der Waals surface area contributed by atoms with Gasteiger partial charge in [0.15, 0.2) is 9.84 Å². The average Bonchev–Trinajstić information content (AvgIpc) is 3.01. The Morgan fingerprint density at radius 3 is 2.58 bits per heavy atom. The lowest BCUT2D eigenvalue weighted by atomic mass is 9.80.